The minimum absolute atomic E-state index is 0.0582. The molecule has 0 amide bonds. The Balaban J connectivity index is 1.25. The second-order valence-corrected chi connectivity index (χ2v) is 13.3. The highest BCUT2D eigenvalue weighted by Gasteiger charge is 2.68. The summed E-state index contributed by atoms with van der Waals surface area (Å²) in [5.74, 6) is 0.879. The fourth-order valence-electron chi connectivity index (χ4n) is 8.56. The number of carbonyl (C=O) groups excluding carboxylic acids is 2. The average Bonchev–Trinajstić information content (AvgIpc) is 3.34. The molecule has 7 heteroatoms. The lowest BCUT2D eigenvalue weighted by Gasteiger charge is -2.60. The summed E-state index contributed by atoms with van der Waals surface area (Å²) in [5.41, 5.74) is -0.493. The van der Waals surface area contributed by atoms with Crippen molar-refractivity contribution in [2.24, 2.45) is 28.6 Å². The van der Waals surface area contributed by atoms with E-state index in [4.69, 9.17) is 4.74 Å². The molecule has 0 aliphatic heterocycles. The first-order valence-electron chi connectivity index (χ1n) is 13.2. The number of allylic oxidation sites excluding steroid dienone is 1. The summed E-state index contributed by atoms with van der Waals surface area (Å²) in [5, 5.41) is 24.4. The summed E-state index contributed by atoms with van der Waals surface area (Å²) in [7, 11) is 0. The Morgan fingerprint density at radius 3 is 2.83 bits per heavy atom. The first-order chi connectivity index (χ1) is 17.1. The van der Waals surface area contributed by atoms with Crippen molar-refractivity contribution in [3.63, 3.8) is 0 Å². The highest BCUT2D eigenvalue weighted by Crippen LogP contribution is 2.67. The third-order valence-electron chi connectivity index (χ3n) is 10.4. The van der Waals surface area contributed by atoms with Gasteiger partial charge in [0.25, 0.3) is 0 Å². The molecule has 0 saturated heterocycles. The Hall–Kier alpha value is -2.09. The number of fused-ring (bicyclic) bond motifs is 6. The van der Waals surface area contributed by atoms with Gasteiger partial charge >= 0.3 is 0 Å². The Labute approximate surface area is 215 Å². The Kier molecular flexibility index (Phi) is 5.53. The van der Waals surface area contributed by atoms with E-state index in [-0.39, 0.29) is 41.3 Å². The van der Waals surface area contributed by atoms with Crippen LogP contribution in [0.15, 0.2) is 29.8 Å². The Morgan fingerprint density at radius 2 is 2.03 bits per heavy atom. The smallest absolute Gasteiger partial charge is 0.202 e. The van der Waals surface area contributed by atoms with Gasteiger partial charge in [0.05, 0.1) is 15.8 Å². The molecular formula is C29H35NO5S. The molecule has 7 atom stereocenters. The van der Waals surface area contributed by atoms with E-state index in [1.54, 1.807) is 11.3 Å². The van der Waals surface area contributed by atoms with Crippen molar-refractivity contribution in [2.75, 3.05) is 6.61 Å². The van der Waals surface area contributed by atoms with Gasteiger partial charge in [-0.15, -0.1) is 11.3 Å². The van der Waals surface area contributed by atoms with Crippen molar-refractivity contribution in [3.8, 4) is 5.75 Å². The molecular weight excluding hydrogens is 474 g/mol. The van der Waals surface area contributed by atoms with E-state index in [1.165, 1.54) is 5.57 Å². The molecule has 6 nitrogen and oxygen atoms in total. The third kappa shape index (κ3) is 3.31. The van der Waals surface area contributed by atoms with Crippen LogP contribution in [-0.2, 0) is 9.59 Å². The standard InChI is InChI=1S/C29H35NO5S/c1-16-30-26-22(5-4-6-23(26)36-16)35-15-24(33)29(34)12-10-20-19-8-7-17-13-18(31)9-11-27(17,2)25(19)21(32)14-28(20,29)3/h4-6,13,19-21,25,32,34H,7-12,14-15H2,1-3H3/t19?,20?,21-,25?,27?,28?,29-/m0/s1. The number of aliphatic hydroxyl groups is 2. The average molecular weight is 510 g/mol. The number of aromatic nitrogens is 1. The number of aryl methyl sites for hydroxylation is 1. The van der Waals surface area contributed by atoms with E-state index in [2.05, 4.69) is 11.9 Å². The quantitative estimate of drug-likeness (QED) is 0.615. The number of hydrogen-bond acceptors (Lipinski definition) is 7. The molecule has 4 aliphatic rings. The van der Waals surface area contributed by atoms with Crippen LogP contribution in [0.4, 0.5) is 0 Å². The van der Waals surface area contributed by atoms with Crippen LogP contribution < -0.4 is 4.74 Å². The molecule has 1 aromatic heterocycles. The summed E-state index contributed by atoms with van der Waals surface area (Å²) < 4.78 is 6.97. The van der Waals surface area contributed by atoms with E-state index >= 15 is 0 Å². The van der Waals surface area contributed by atoms with E-state index in [1.807, 2.05) is 38.1 Å². The number of benzene rings is 1. The number of carbonyl (C=O) groups is 2. The van der Waals surface area contributed by atoms with Crippen LogP contribution in [-0.4, -0.2) is 45.1 Å². The van der Waals surface area contributed by atoms with Gasteiger partial charge in [-0.2, -0.15) is 0 Å². The molecule has 2 aromatic rings. The number of thiazole rings is 1. The first-order valence-corrected chi connectivity index (χ1v) is 14.0. The second-order valence-electron chi connectivity index (χ2n) is 12.0. The van der Waals surface area contributed by atoms with Crippen LogP contribution in [0.25, 0.3) is 10.2 Å². The van der Waals surface area contributed by atoms with Crippen LogP contribution in [0, 0.1) is 35.5 Å². The Morgan fingerprint density at radius 1 is 1.22 bits per heavy atom. The van der Waals surface area contributed by atoms with Gasteiger partial charge in [0.15, 0.2) is 5.78 Å². The monoisotopic (exact) mass is 509 g/mol. The number of para-hydroxylation sites is 1. The number of nitrogens with zero attached hydrogens (tertiary/aromatic N) is 1. The lowest BCUT2D eigenvalue weighted by atomic mass is 9.45. The highest BCUT2D eigenvalue weighted by atomic mass is 32.1. The maximum absolute atomic E-state index is 13.6. The van der Waals surface area contributed by atoms with Gasteiger partial charge < -0.3 is 14.9 Å². The van der Waals surface area contributed by atoms with Gasteiger partial charge in [-0.05, 0) is 86.8 Å². The number of Topliss-reactive ketones (excluding diaryl/α,β-unsaturated/α-hetero) is 1. The van der Waals surface area contributed by atoms with Gasteiger partial charge in [-0.3, -0.25) is 9.59 Å². The van der Waals surface area contributed by atoms with Crippen LogP contribution in [0.5, 0.6) is 5.75 Å². The second kappa shape index (κ2) is 8.20. The van der Waals surface area contributed by atoms with E-state index in [0.29, 0.717) is 25.0 Å². The van der Waals surface area contributed by atoms with E-state index in [9.17, 15) is 19.8 Å². The number of aliphatic hydroxyl groups excluding tert-OH is 1. The maximum atomic E-state index is 13.6. The molecule has 5 unspecified atom stereocenters. The zero-order valence-corrected chi connectivity index (χ0v) is 22.1. The fraction of sp³-hybridized carbons (Fsp3) is 0.621. The van der Waals surface area contributed by atoms with Gasteiger partial charge in [-0.1, -0.05) is 25.5 Å². The molecule has 0 spiro atoms. The van der Waals surface area contributed by atoms with Crippen molar-refractivity contribution in [1.29, 1.82) is 0 Å². The van der Waals surface area contributed by atoms with E-state index in [0.717, 1.165) is 40.9 Å². The molecule has 1 heterocycles. The fourth-order valence-corrected chi connectivity index (χ4v) is 9.41. The molecule has 1 aromatic carbocycles. The lowest BCUT2D eigenvalue weighted by Crippen LogP contribution is -2.62. The van der Waals surface area contributed by atoms with Crippen LogP contribution >= 0.6 is 11.3 Å². The summed E-state index contributed by atoms with van der Waals surface area (Å²) in [6.07, 6.45) is 5.81. The minimum atomic E-state index is -1.53. The number of ether oxygens (including phenoxy) is 1. The molecule has 36 heavy (non-hydrogen) atoms. The normalized spacial score (nSPS) is 39.8. The van der Waals surface area contributed by atoms with Crippen LogP contribution in [0.1, 0.15) is 63.8 Å². The summed E-state index contributed by atoms with van der Waals surface area (Å²) >= 11 is 1.58. The van der Waals surface area contributed by atoms with Gasteiger partial charge in [0.1, 0.15) is 23.5 Å². The van der Waals surface area contributed by atoms with Crippen LogP contribution in [0.3, 0.4) is 0 Å². The molecule has 4 aliphatic carbocycles. The van der Waals surface area contributed by atoms with Gasteiger partial charge in [0.2, 0.25) is 5.78 Å². The van der Waals surface area contributed by atoms with Gasteiger partial charge in [-0.25, -0.2) is 4.98 Å². The maximum Gasteiger partial charge on any atom is 0.202 e. The molecule has 0 bridgehead atoms. The summed E-state index contributed by atoms with van der Waals surface area (Å²) in [4.78, 5) is 30.3. The first kappa shape index (κ1) is 24.3. The number of ketones is 2. The zero-order valence-electron chi connectivity index (χ0n) is 21.3. The molecule has 3 saturated carbocycles. The van der Waals surface area contributed by atoms with Crippen LogP contribution in [0.2, 0.25) is 0 Å². The molecule has 0 radical (unpaired) electrons. The zero-order chi connectivity index (χ0) is 25.5. The molecule has 6 rings (SSSR count). The SMILES string of the molecule is Cc1nc2c(OCC(=O)[C@@]3(O)CCC4C5CCC6=CC(=O)CCC6(C)C5[C@@H](O)CC43C)cccc2s1. The predicted octanol–water partition coefficient (Wildman–Crippen LogP) is 4.79. The molecule has 192 valence electrons. The topological polar surface area (TPSA) is 96.7 Å². The van der Waals surface area contributed by atoms with E-state index < -0.39 is 17.1 Å². The Bertz CT molecular complexity index is 1280. The largest absolute Gasteiger partial charge is 0.483 e. The predicted molar refractivity (Wildman–Crippen MR) is 138 cm³/mol. The third-order valence-corrected chi connectivity index (χ3v) is 11.3. The highest BCUT2D eigenvalue weighted by molar-refractivity contribution is 7.18. The van der Waals surface area contributed by atoms with Gasteiger partial charge in [0, 0.05) is 11.8 Å². The van der Waals surface area contributed by atoms with Crippen molar-refractivity contribution in [2.45, 2.75) is 77.4 Å². The lowest BCUT2D eigenvalue weighted by molar-refractivity contribution is -0.181. The van der Waals surface area contributed by atoms with Crippen molar-refractivity contribution < 1.29 is 24.5 Å². The number of hydrogen-bond donors (Lipinski definition) is 2. The van der Waals surface area contributed by atoms with Crippen molar-refractivity contribution >= 4 is 33.1 Å². The van der Waals surface area contributed by atoms with Crippen molar-refractivity contribution in [3.05, 3.63) is 34.9 Å². The summed E-state index contributed by atoms with van der Waals surface area (Å²) in [6.45, 7) is 5.95. The molecule has 3 fully saturated rings. The summed E-state index contributed by atoms with van der Waals surface area (Å²) in [6, 6.07) is 5.69. The number of rotatable bonds is 4. The molecule has 2 N–H and O–H groups in total. The minimum Gasteiger partial charge on any atom is -0.483 e. The van der Waals surface area contributed by atoms with Crippen molar-refractivity contribution in [1.82, 2.24) is 4.98 Å².